The van der Waals surface area contributed by atoms with Crippen molar-refractivity contribution in [2.24, 2.45) is 0 Å². The van der Waals surface area contributed by atoms with Crippen LogP contribution < -0.4 is 4.74 Å². The molecule has 146 valence electrons. The van der Waals surface area contributed by atoms with E-state index < -0.39 is 0 Å². The number of pyridine rings is 1. The fraction of sp³-hybridized carbons (Fsp3) is 0.381. The van der Waals surface area contributed by atoms with Crippen molar-refractivity contribution >= 4 is 0 Å². The Bertz CT molecular complexity index is 884. The highest BCUT2D eigenvalue weighted by Gasteiger charge is 2.31. The van der Waals surface area contributed by atoms with Crippen LogP contribution in [0.2, 0.25) is 0 Å². The molecular weight excluding hydrogens is 356 g/mol. The van der Waals surface area contributed by atoms with Crippen molar-refractivity contribution in [2.75, 3.05) is 26.9 Å². The molecule has 28 heavy (non-hydrogen) atoms. The summed E-state index contributed by atoms with van der Waals surface area (Å²) in [6, 6.07) is 14.2. The van der Waals surface area contributed by atoms with E-state index >= 15 is 0 Å². The van der Waals surface area contributed by atoms with Gasteiger partial charge in [0.05, 0.1) is 12.6 Å². The monoisotopic (exact) mass is 380 g/mol. The van der Waals surface area contributed by atoms with Crippen LogP contribution in [0.5, 0.6) is 5.75 Å². The third-order valence-electron chi connectivity index (χ3n) is 4.84. The number of aromatic nitrogens is 3. The molecule has 3 aromatic rings. The van der Waals surface area contributed by atoms with Gasteiger partial charge < -0.3 is 14.0 Å². The van der Waals surface area contributed by atoms with E-state index in [0.717, 1.165) is 25.9 Å². The summed E-state index contributed by atoms with van der Waals surface area (Å²) < 4.78 is 16.3. The Hall–Kier alpha value is -2.77. The molecule has 0 spiro atoms. The van der Waals surface area contributed by atoms with Crippen LogP contribution in [0.4, 0.5) is 0 Å². The first kappa shape index (κ1) is 18.6. The molecule has 0 radical (unpaired) electrons. The zero-order valence-electron chi connectivity index (χ0n) is 16.0. The highest BCUT2D eigenvalue weighted by atomic mass is 16.5. The predicted molar refractivity (Wildman–Crippen MR) is 104 cm³/mol. The Balaban J connectivity index is 1.47. The third-order valence-corrected chi connectivity index (χ3v) is 4.84. The molecule has 0 unspecified atom stereocenters. The lowest BCUT2D eigenvalue weighted by Crippen LogP contribution is -2.22. The van der Waals surface area contributed by atoms with E-state index in [2.05, 4.69) is 44.3 Å². The van der Waals surface area contributed by atoms with Crippen molar-refractivity contribution in [1.29, 1.82) is 0 Å². The van der Waals surface area contributed by atoms with Gasteiger partial charge in [0.15, 0.2) is 0 Å². The van der Waals surface area contributed by atoms with E-state index in [1.54, 1.807) is 19.4 Å². The van der Waals surface area contributed by atoms with Gasteiger partial charge in [0.1, 0.15) is 18.1 Å². The van der Waals surface area contributed by atoms with E-state index in [1.807, 2.05) is 12.1 Å². The maximum atomic E-state index is 5.64. The molecule has 0 bridgehead atoms. The van der Waals surface area contributed by atoms with Crippen molar-refractivity contribution in [3.05, 3.63) is 60.1 Å². The molecule has 7 nitrogen and oxygen atoms in total. The Kier molecular flexibility index (Phi) is 5.94. The highest BCUT2D eigenvalue weighted by molar-refractivity contribution is 5.50. The average molecular weight is 380 g/mol. The van der Waals surface area contributed by atoms with Crippen LogP contribution in [0, 0.1) is 0 Å². The molecule has 3 heterocycles. The van der Waals surface area contributed by atoms with Gasteiger partial charge in [-0.2, -0.15) is 4.98 Å². The maximum Gasteiger partial charge on any atom is 0.244 e. The Morgan fingerprint density at radius 2 is 2.07 bits per heavy atom. The summed E-state index contributed by atoms with van der Waals surface area (Å²) in [5.74, 6) is 1.84. The molecule has 0 N–H and O–H groups in total. The van der Waals surface area contributed by atoms with Gasteiger partial charge >= 0.3 is 0 Å². The van der Waals surface area contributed by atoms with Crippen LogP contribution in [0.1, 0.15) is 30.3 Å². The van der Waals surface area contributed by atoms with Crippen molar-refractivity contribution < 1.29 is 14.0 Å². The van der Waals surface area contributed by atoms with Crippen LogP contribution in [0.25, 0.3) is 11.5 Å². The van der Waals surface area contributed by atoms with Gasteiger partial charge in [-0.15, -0.1) is 0 Å². The van der Waals surface area contributed by atoms with Crippen LogP contribution in [-0.4, -0.2) is 46.9 Å². The van der Waals surface area contributed by atoms with Gasteiger partial charge in [0, 0.05) is 25.9 Å². The van der Waals surface area contributed by atoms with Crippen molar-refractivity contribution in [3.8, 4) is 17.3 Å². The number of hydrogen-bond acceptors (Lipinski definition) is 7. The van der Waals surface area contributed by atoms with Crippen LogP contribution in [0.15, 0.2) is 53.2 Å². The minimum Gasteiger partial charge on any atom is -0.491 e. The summed E-state index contributed by atoms with van der Waals surface area (Å²) in [6.07, 6.45) is 3.82. The van der Waals surface area contributed by atoms with E-state index in [9.17, 15) is 0 Å². The number of hydrogen-bond donors (Lipinski definition) is 0. The first-order chi connectivity index (χ1) is 13.8. The standard InChI is InChI=1S/C21H24N4O3/c1-26-12-13-27-17-9-10-22-18(14-17)20-23-21(28-24-20)19-8-5-11-25(19)15-16-6-3-2-4-7-16/h2-4,6-7,9-10,14,19H,5,8,11-13,15H2,1H3/t19-/m1/s1. The summed E-state index contributed by atoms with van der Waals surface area (Å²) in [4.78, 5) is 11.4. The van der Waals surface area contributed by atoms with Gasteiger partial charge in [0.25, 0.3) is 0 Å². The lowest BCUT2D eigenvalue weighted by molar-refractivity contribution is 0.146. The smallest absolute Gasteiger partial charge is 0.244 e. The minimum absolute atomic E-state index is 0.141. The third kappa shape index (κ3) is 4.37. The first-order valence-electron chi connectivity index (χ1n) is 9.53. The van der Waals surface area contributed by atoms with Gasteiger partial charge in [-0.1, -0.05) is 35.5 Å². The number of benzene rings is 1. The Morgan fingerprint density at radius 3 is 2.93 bits per heavy atom. The quantitative estimate of drug-likeness (QED) is 0.554. The molecule has 7 heteroatoms. The molecule has 1 aromatic carbocycles. The summed E-state index contributed by atoms with van der Waals surface area (Å²) in [6.45, 7) is 2.92. The maximum absolute atomic E-state index is 5.64. The minimum atomic E-state index is 0.141. The van der Waals surface area contributed by atoms with Gasteiger partial charge in [-0.3, -0.25) is 9.88 Å². The molecule has 0 aliphatic carbocycles. The van der Waals surface area contributed by atoms with Gasteiger partial charge in [-0.05, 0) is 31.0 Å². The average Bonchev–Trinajstić information content (AvgIpc) is 3.39. The summed E-state index contributed by atoms with van der Waals surface area (Å²) >= 11 is 0. The van der Waals surface area contributed by atoms with Crippen molar-refractivity contribution in [2.45, 2.75) is 25.4 Å². The molecule has 1 aliphatic rings. The van der Waals surface area contributed by atoms with E-state index in [4.69, 9.17) is 14.0 Å². The Morgan fingerprint density at radius 1 is 1.18 bits per heavy atom. The van der Waals surface area contributed by atoms with Crippen LogP contribution in [-0.2, 0) is 11.3 Å². The van der Waals surface area contributed by atoms with Crippen molar-refractivity contribution in [3.63, 3.8) is 0 Å². The fourth-order valence-corrected chi connectivity index (χ4v) is 3.45. The number of ether oxygens (including phenoxy) is 2. The zero-order chi connectivity index (χ0) is 19.2. The first-order valence-corrected chi connectivity index (χ1v) is 9.53. The number of nitrogens with zero attached hydrogens (tertiary/aromatic N) is 4. The second-order valence-corrected chi connectivity index (χ2v) is 6.79. The molecule has 2 aromatic heterocycles. The van der Waals surface area contributed by atoms with Crippen molar-refractivity contribution in [1.82, 2.24) is 20.0 Å². The molecule has 1 aliphatic heterocycles. The second-order valence-electron chi connectivity index (χ2n) is 6.79. The molecule has 0 saturated carbocycles. The molecule has 1 fully saturated rings. The fourth-order valence-electron chi connectivity index (χ4n) is 3.45. The van der Waals surface area contributed by atoms with E-state index in [-0.39, 0.29) is 6.04 Å². The van der Waals surface area contributed by atoms with Crippen LogP contribution >= 0.6 is 0 Å². The molecular formula is C21H24N4O3. The largest absolute Gasteiger partial charge is 0.491 e. The number of rotatable bonds is 8. The molecule has 1 saturated heterocycles. The SMILES string of the molecule is COCCOc1ccnc(-c2noc([C@H]3CCCN3Cc3ccccc3)n2)c1. The lowest BCUT2D eigenvalue weighted by Gasteiger charge is -2.21. The highest BCUT2D eigenvalue weighted by Crippen LogP contribution is 2.33. The summed E-state index contributed by atoms with van der Waals surface area (Å²) in [5.41, 5.74) is 1.93. The molecule has 1 atom stereocenters. The predicted octanol–water partition coefficient (Wildman–Crippen LogP) is 3.49. The zero-order valence-corrected chi connectivity index (χ0v) is 16.0. The van der Waals surface area contributed by atoms with Gasteiger partial charge in [-0.25, -0.2) is 0 Å². The van der Waals surface area contributed by atoms with E-state index in [0.29, 0.717) is 36.4 Å². The number of likely N-dealkylation sites (tertiary alicyclic amines) is 1. The topological polar surface area (TPSA) is 73.5 Å². The van der Waals surface area contributed by atoms with Gasteiger partial charge in [0.2, 0.25) is 11.7 Å². The van der Waals surface area contributed by atoms with E-state index in [1.165, 1.54) is 5.56 Å². The normalized spacial score (nSPS) is 17.1. The number of methoxy groups -OCH3 is 1. The molecule has 4 rings (SSSR count). The summed E-state index contributed by atoms with van der Waals surface area (Å²) in [5, 5.41) is 4.15. The molecule has 0 amide bonds. The summed E-state index contributed by atoms with van der Waals surface area (Å²) in [7, 11) is 1.65. The second kappa shape index (κ2) is 8.95. The lowest BCUT2D eigenvalue weighted by atomic mass is 10.2. The van der Waals surface area contributed by atoms with Crippen LogP contribution in [0.3, 0.4) is 0 Å². The Labute approximate surface area is 164 Å².